The van der Waals surface area contributed by atoms with Gasteiger partial charge in [-0.25, -0.2) is 14.5 Å². The van der Waals surface area contributed by atoms with Crippen LogP contribution in [0.5, 0.6) is 0 Å². The quantitative estimate of drug-likeness (QED) is 0.238. The summed E-state index contributed by atoms with van der Waals surface area (Å²) in [6.07, 6.45) is -1.18. The minimum atomic E-state index is -4.58. The number of nitrogens with zero attached hydrogens (tertiary/aromatic N) is 6. The molecular weight excluding hydrogens is 577 g/mol. The van der Waals surface area contributed by atoms with Gasteiger partial charge in [-0.3, -0.25) is 9.69 Å². The van der Waals surface area contributed by atoms with Crippen LogP contribution in [0.1, 0.15) is 27.0 Å². The molecule has 5 aromatic rings. The first-order valence-electron chi connectivity index (χ1n) is 13.7. The summed E-state index contributed by atoms with van der Waals surface area (Å²) in [5.41, 5.74) is 3.54. The zero-order valence-corrected chi connectivity index (χ0v) is 24.3. The van der Waals surface area contributed by atoms with Crippen LogP contribution in [0.3, 0.4) is 0 Å². The highest BCUT2D eigenvalue weighted by Gasteiger charge is 2.34. The van der Waals surface area contributed by atoms with Crippen LogP contribution in [-0.4, -0.2) is 68.5 Å². The topological polar surface area (TPSA) is 90.7 Å². The molecule has 1 aliphatic rings. The number of anilines is 3. The molecule has 6 rings (SSSR count). The summed E-state index contributed by atoms with van der Waals surface area (Å²) in [6, 6.07) is 12.7. The van der Waals surface area contributed by atoms with Gasteiger partial charge in [0.25, 0.3) is 5.91 Å². The summed E-state index contributed by atoms with van der Waals surface area (Å²) in [7, 11) is 2.00. The number of nitrogens with one attached hydrogen (secondary N) is 2. The van der Waals surface area contributed by atoms with Crippen LogP contribution in [0, 0.1) is 6.92 Å². The molecule has 0 atom stereocenters. The molecule has 1 saturated heterocycles. The van der Waals surface area contributed by atoms with E-state index in [0.29, 0.717) is 40.9 Å². The van der Waals surface area contributed by atoms with Gasteiger partial charge in [0.2, 0.25) is 0 Å². The number of halogens is 3. The van der Waals surface area contributed by atoms with Gasteiger partial charge in [0, 0.05) is 61.2 Å². The number of thiazole rings is 1. The molecule has 0 radical (unpaired) electrons. The fraction of sp³-hybridized carbons (Fsp3) is 0.267. The van der Waals surface area contributed by atoms with Crippen molar-refractivity contribution < 1.29 is 18.0 Å². The number of rotatable bonds is 7. The minimum Gasteiger partial charge on any atom is -0.331 e. The van der Waals surface area contributed by atoms with E-state index in [2.05, 4.69) is 30.6 Å². The number of carbonyl (C=O) groups excluding carboxylic acids is 1. The van der Waals surface area contributed by atoms with Crippen LogP contribution in [0.4, 0.5) is 29.7 Å². The number of likely N-dealkylation sites (N-methyl/N-ethyl adjacent to an activating group) is 1. The Balaban J connectivity index is 1.17. The fourth-order valence-electron chi connectivity index (χ4n) is 4.97. The van der Waals surface area contributed by atoms with Gasteiger partial charge in [0.05, 0.1) is 11.8 Å². The standard InChI is InChI=1S/C30H29F3N8OS/c1-19-5-8-22(15-24(19)37-29-38-25(18-43-29)26-16-34-27-4-3-9-35-41(26)27)36-28(42)20-6-7-21(23(14-20)30(31,32)33)17-40-12-10-39(2)11-13-40/h3-9,14-16,18H,10-13,17H2,1-2H3,(H,36,42)(H,37,38). The van der Waals surface area contributed by atoms with Crippen molar-refractivity contribution in [1.29, 1.82) is 0 Å². The molecule has 1 amide bonds. The summed E-state index contributed by atoms with van der Waals surface area (Å²) in [4.78, 5) is 26.3. The normalized spacial score (nSPS) is 14.7. The number of benzene rings is 2. The molecule has 13 heteroatoms. The van der Waals surface area contributed by atoms with Gasteiger partial charge >= 0.3 is 6.18 Å². The predicted octanol–water partition coefficient (Wildman–Crippen LogP) is 5.92. The fourth-order valence-corrected chi connectivity index (χ4v) is 5.69. The number of aromatic nitrogens is 4. The first kappa shape index (κ1) is 28.8. The molecule has 1 aliphatic heterocycles. The Bertz CT molecular complexity index is 1770. The monoisotopic (exact) mass is 606 g/mol. The molecule has 3 aromatic heterocycles. The van der Waals surface area contributed by atoms with E-state index in [1.165, 1.54) is 23.5 Å². The number of hydrogen-bond acceptors (Lipinski definition) is 8. The van der Waals surface area contributed by atoms with Gasteiger partial charge in [0.15, 0.2) is 10.8 Å². The maximum atomic E-state index is 14.0. The van der Waals surface area contributed by atoms with Crippen molar-refractivity contribution in [3.05, 3.63) is 88.6 Å². The summed E-state index contributed by atoms with van der Waals surface area (Å²) in [5.74, 6) is -0.622. The van der Waals surface area contributed by atoms with Gasteiger partial charge in [-0.2, -0.15) is 18.3 Å². The molecule has 0 saturated carbocycles. The first-order chi connectivity index (χ1) is 20.6. The Morgan fingerprint density at radius 1 is 1.07 bits per heavy atom. The van der Waals surface area contributed by atoms with E-state index in [-0.39, 0.29) is 17.7 Å². The van der Waals surface area contributed by atoms with Crippen molar-refractivity contribution in [3.8, 4) is 11.4 Å². The molecule has 222 valence electrons. The predicted molar refractivity (Wildman–Crippen MR) is 161 cm³/mol. The number of hydrogen-bond donors (Lipinski definition) is 2. The van der Waals surface area contributed by atoms with Crippen LogP contribution in [-0.2, 0) is 12.7 Å². The highest BCUT2D eigenvalue weighted by atomic mass is 32.1. The van der Waals surface area contributed by atoms with Crippen molar-refractivity contribution in [2.45, 2.75) is 19.6 Å². The maximum Gasteiger partial charge on any atom is 0.416 e. The van der Waals surface area contributed by atoms with Gasteiger partial charge in [-0.05, 0) is 61.5 Å². The van der Waals surface area contributed by atoms with Crippen LogP contribution in [0.2, 0.25) is 0 Å². The summed E-state index contributed by atoms with van der Waals surface area (Å²) in [6.45, 7) is 5.09. The SMILES string of the molecule is Cc1ccc(NC(=O)c2ccc(CN3CCN(C)CC3)c(C(F)(F)F)c2)cc1Nc1nc(-c2cnc3cccnn23)cs1. The zero-order valence-electron chi connectivity index (χ0n) is 23.5. The molecule has 2 aromatic carbocycles. The summed E-state index contributed by atoms with van der Waals surface area (Å²) in [5, 5.41) is 12.9. The third-order valence-electron chi connectivity index (χ3n) is 7.45. The van der Waals surface area contributed by atoms with Crippen molar-refractivity contribution in [3.63, 3.8) is 0 Å². The van der Waals surface area contributed by atoms with E-state index in [1.807, 2.05) is 42.5 Å². The first-order valence-corrected chi connectivity index (χ1v) is 14.6. The third kappa shape index (κ3) is 6.38. The molecule has 4 heterocycles. The smallest absolute Gasteiger partial charge is 0.331 e. The Morgan fingerprint density at radius 2 is 1.88 bits per heavy atom. The third-order valence-corrected chi connectivity index (χ3v) is 8.21. The number of piperazine rings is 1. The number of imidazole rings is 1. The molecule has 0 aliphatic carbocycles. The highest BCUT2D eigenvalue weighted by Crippen LogP contribution is 2.34. The van der Waals surface area contributed by atoms with E-state index < -0.39 is 17.6 Å². The van der Waals surface area contributed by atoms with Crippen molar-refractivity contribution in [2.75, 3.05) is 43.9 Å². The number of carbonyl (C=O) groups is 1. The minimum absolute atomic E-state index is 0.0595. The van der Waals surface area contributed by atoms with Gasteiger partial charge in [0.1, 0.15) is 11.4 Å². The van der Waals surface area contributed by atoms with E-state index in [1.54, 1.807) is 29.0 Å². The Morgan fingerprint density at radius 3 is 2.67 bits per heavy atom. The average molecular weight is 607 g/mol. The lowest BCUT2D eigenvalue weighted by molar-refractivity contribution is -0.138. The van der Waals surface area contributed by atoms with Gasteiger partial charge in [-0.1, -0.05) is 12.1 Å². The van der Waals surface area contributed by atoms with E-state index in [9.17, 15) is 18.0 Å². The highest BCUT2D eigenvalue weighted by molar-refractivity contribution is 7.14. The van der Waals surface area contributed by atoms with Crippen molar-refractivity contribution in [2.24, 2.45) is 0 Å². The maximum absolute atomic E-state index is 14.0. The van der Waals surface area contributed by atoms with Crippen LogP contribution in [0.25, 0.3) is 17.0 Å². The second-order valence-corrected chi connectivity index (χ2v) is 11.4. The number of aryl methyl sites for hydroxylation is 1. The van der Waals surface area contributed by atoms with E-state index in [0.717, 1.165) is 30.4 Å². The summed E-state index contributed by atoms with van der Waals surface area (Å²) < 4.78 is 43.8. The molecular formula is C30H29F3N8OS. The zero-order chi connectivity index (χ0) is 30.1. The van der Waals surface area contributed by atoms with E-state index >= 15 is 0 Å². The van der Waals surface area contributed by atoms with Crippen LogP contribution >= 0.6 is 11.3 Å². The molecule has 43 heavy (non-hydrogen) atoms. The molecule has 0 unspecified atom stereocenters. The number of amides is 1. The number of fused-ring (bicyclic) bond motifs is 1. The Hall–Kier alpha value is -4.33. The van der Waals surface area contributed by atoms with E-state index in [4.69, 9.17) is 0 Å². The number of alkyl halides is 3. The van der Waals surface area contributed by atoms with Gasteiger partial charge < -0.3 is 15.5 Å². The lowest BCUT2D eigenvalue weighted by Crippen LogP contribution is -2.44. The molecule has 0 spiro atoms. The lowest BCUT2D eigenvalue weighted by Gasteiger charge is -2.33. The second kappa shape index (κ2) is 11.7. The molecule has 9 nitrogen and oxygen atoms in total. The molecule has 2 N–H and O–H groups in total. The van der Waals surface area contributed by atoms with Gasteiger partial charge in [-0.15, -0.1) is 11.3 Å². The van der Waals surface area contributed by atoms with Crippen LogP contribution < -0.4 is 10.6 Å². The average Bonchev–Trinajstić information content (AvgIpc) is 3.62. The van der Waals surface area contributed by atoms with Crippen LogP contribution in [0.15, 0.2) is 66.3 Å². The molecule has 0 bridgehead atoms. The summed E-state index contributed by atoms with van der Waals surface area (Å²) >= 11 is 1.40. The van der Waals surface area contributed by atoms with Crippen molar-refractivity contribution in [1.82, 2.24) is 29.4 Å². The van der Waals surface area contributed by atoms with Crippen molar-refractivity contribution >= 4 is 39.4 Å². The lowest BCUT2D eigenvalue weighted by atomic mass is 10.0. The largest absolute Gasteiger partial charge is 0.416 e. The Kier molecular flexibility index (Phi) is 7.86. The Labute approximate surface area is 250 Å². The second-order valence-electron chi connectivity index (χ2n) is 10.5. The molecule has 1 fully saturated rings.